The molecule has 0 bridgehead atoms. The van der Waals surface area contributed by atoms with Crippen LogP contribution in [0.15, 0.2) is 5.38 Å². The molecule has 2 aliphatic rings. The second-order valence-electron chi connectivity index (χ2n) is 4.97. The van der Waals surface area contributed by atoms with E-state index in [-0.39, 0.29) is 17.5 Å². The predicted octanol–water partition coefficient (Wildman–Crippen LogP) is 0.442. The summed E-state index contributed by atoms with van der Waals surface area (Å²) in [6, 6.07) is -0.466. The van der Waals surface area contributed by atoms with E-state index in [9.17, 15) is 14.4 Å². The first kappa shape index (κ1) is 14.0. The van der Waals surface area contributed by atoms with E-state index in [2.05, 4.69) is 10.3 Å². The zero-order valence-corrected chi connectivity index (χ0v) is 11.8. The van der Waals surface area contributed by atoms with Crippen LogP contribution in [0, 0.1) is 0 Å². The van der Waals surface area contributed by atoms with E-state index in [0.717, 1.165) is 16.2 Å². The molecule has 8 nitrogen and oxygen atoms in total. The number of nitrogens with zero attached hydrogens (tertiary/aromatic N) is 2. The Morgan fingerprint density at radius 1 is 1.48 bits per heavy atom. The van der Waals surface area contributed by atoms with Gasteiger partial charge in [-0.15, -0.1) is 11.3 Å². The van der Waals surface area contributed by atoms with Gasteiger partial charge in [-0.05, 0) is 0 Å². The van der Waals surface area contributed by atoms with Crippen LogP contribution in [0.1, 0.15) is 28.3 Å². The molecular weight excluding hydrogens is 298 g/mol. The van der Waals surface area contributed by atoms with Gasteiger partial charge in [-0.25, -0.2) is 14.6 Å². The van der Waals surface area contributed by atoms with Crippen molar-refractivity contribution in [3.05, 3.63) is 16.1 Å². The van der Waals surface area contributed by atoms with Crippen molar-refractivity contribution in [1.82, 2.24) is 15.2 Å². The van der Waals surface area contributed by atoms with Gasteiger partial charge in [0.15, 0.2) is 0 Å². The summed E-state index contributed by atoms with van der Waals surface area (Å²) < 4.78 is 5.22. The standard InChI is InChI=1S/C12H13N3O5S/c16-9(17)8-13-7(6-21-8)5-15-10(18)12(14-11(15)19)1-3-20-4-2-12/h6H,1-5H2,(H,14,19)(H,16,17). The maximum Gasteiger partial charge on any atom is 0.365 e. The lowest BCUT2D eigenvalue weighted by Crippen LogP contribution is -2.51. The number of carboxylic acid groups (broad SMARTS) is 1. The van der Waals surface area contributed by atoms with Gasteiger partial charge in [-0.2, -0.15) is 0 Å². The highest BCUT2D eigenvalue weighted by atomic mass is 32.1. The summed E-state index contributed by atoms with van der Waals surface area (Å²) in [5.41, 5.74) is -0.480. The van der Waals surface area contributed by atoms with Gasteiger partial charge in [-0.1, -0.05) is 0 Å². The minimum absolute atomic E-state index is 0.0168. The molecule has 2 N–H and O–H groups in total. The monoisotopic (exact) mass is 311 g/mol. The van der Waals surface area contributed by atoms with Crippen molar-refractivity contribution in [3.63, 3.8) is 0 Å². The molecule has 3 heterocycles. The van der Waals surface area contributed by atoms with E-state index in [1.807, 2.05) is 0 Å². The van der Waals surface area contributed by atoms with E-state index in [4.69, 9.17) is 9.84 Å². The lowest BCUT2D eigenvalue weighted by Gasteiger charge is -2.30. The van der Waals surface area contributed by atoms with Gasteiger partial charge >= 0.3 is 12.0 Å². The number of aromatic nitrogens is 1. The highest BCUT2D eigenvalue weighted by molar-refractivity contribution is 7.11. The SMILES string of the molecule is O=C(O)c1nc(CN2C(=O)NC3(CCOCC3)C2=O)cs1. The second-order valence-corrected chi connectivity index (χ2v) is 5.82. The summed E-state index contributed by atoms with van der Waals surface area (Å²) in [6.07, 6.45) is 0.900. The molecule has 1 aromatic rings. The molecule has 0 atom stereocenters. The van der Waals surface area contributed by atoms with Crippen molar-refractivity contribution in [3.8, 4) is 0 Å². The van der Waals surface area contributed by atoms with Crippen molar-refractivity contribution >= 4 is 29.2 Å². The number of nitrogens with one attached hydrogen (secondary N) is 1. The Morgan fingerprint density at radius 2 is 2.19 bits per heavy atom. The van der Waals surface area contributed by atoms with Crippen LogP contribution >= 0.6 is 11.3 Å². The predicted molar refractivity (Wildman–Crippen MR) is 70.9 cm³/mol. The van der Waals surface area contributed by atoms with Gasteiger partial charge in [0.25, 0.3) is 5.91 Å². The quantitative estimate of drug-likeness (QED) is 0.784. The zero-order valence-electron chi connectivity index (χ0n) is 11.0. The molecule has 112 valence electrons. The van der Waals surface area contributed by atoms with Crippen LogP contribution in [-0.2, 0) is 16.1 Å². The van der Waals surface area contributed by atoms with Crippen molar-refractivity contribution < 1.29 is 24.2 Å². The fraction of sp³-hybridized carbons (Fsp3) is 0.500. The fourth-order valence-corrected chi connectivity index (χ4v) is 3.16. The number of hydrogen-bond donors (Lipinski definition) is 2. The first-order valence-electron chi connectivity index (χ1n) is 6.41. The van der Waals surface area contributed by atoms with Gasteiger partial charge in [0, 0.05) is 31.4 Å². The molecule has 1 aromatic heterocycles. The molecule has 0 radical (unpaired) electrons. The summed E-state index contributed by atoms with van der Waals surface area (Å²) in [5.74, 6) is -1.41. The Balaban J connectivity index is 1.77. The normalized spacial score (nSPS) is 20.9. The number of carboxylic acids is 1. The van der Waals surface area contributed by atoms with E-state index in [0.29, 0.717) is 31.7 Å². The molecule has 3 amide bonds. The number of hydrogen-bond acceptors (Lipinski definition) is 6. The van der Waals surface area contributed by atoms with Gasteiger partial charge in [-0.3, -0.25) is 9.69 Å². The van der Waals surface area contributed by atoms with Crippen molar-refractivity contribution in [2.75, 3.05) is 13.2 Å². The van der Waals surface area contributed by atoms with E-state index < -0.39 is 17.5 Å². The summed E-state index contributed by atoms with van der Waals surface area (Å²) in [7, 11) is 0. The van der Waals surface area contributed by atoms with Crippen LogP contribution < -0.4 is 5.32 Å². The molecule has 2 fully saturated rings. The van der Waals surface area contributed by atoms with Gasteiger partial charge in [0.2, 0.25) is 5.01 Å². The number of urea groups is 1. The summed E-state index contributed by atoms with van der Waals surface area (Å²) >= 11 is 0.970. The van der Waals surface area contributed by atoms with Crippen LogP contribution in [0.4, 0.5) is 4.79 Å². The molecule has 1 spiro atoms. The second kappa shape index (κ2) is 5.08. The van der Waals surface area contributed by atoms with E-state index in [1.54, 1.807) is 5.38 Å². The molecule has 0 aliphatic carbocycles. The minimum atomic E-state index is -1.12. The molecule has 2 aliphatic heterocycles. The average molecular weight is 311 g/mol. The summed E-state index contributed by atoms with van der Waals surface area (Å²) in [5, 5.41) is 13.1. The Bertz CT molecular complexity index is 608. The molecular formula is C12H13N3O5S. The van der Waals surface area contributed by atoms with Crippen LogP contribution in [0.2, 0.25) is 0 Å². The third-order valence-electron chi connectivity index (χ3n) is 3.65. The molecule has 3 rings (SSSR count). The van der Waals surface area contributed by atoms with Crippen LogP contribution in [-0.4, -0.2) is 51.7 Å². The van der Waals surface area contributed by atoms with E-state index >= 15 is 0 Å². The lowest BCUT2D eigenvalue weighted by molar-refractivity contribution is -0.134. The zero-order chi connectivity index (χ0) is 15.0. The number of carbonyl (C=O) groups is 3. The number of imide groups is 1. The number of carbonyl (C=O) groups excluding carboxylic acids is 2. The van der Waals surface area contributed by atoms with Crippen molar-refractivity contribution in [1.29, 1.82) is 0 Å². The maximum atomic E-state index is 12.5. The number of thiazole rings is 1. The fourth-order valence-electron chi connectivity index (χ4n) is 2.52. The number of amides is 3. The number of ether oxygens (including phenoxy) is 1. The van der Waals surface area contributed by atoms with Gasteiger partial charge in [0.1, 0.15) is 5.54 Å². The van der Waals surface area contributed by atoms with E-state index in [1.165, 1.54) is 0 Å². The van der Waals surface area contributed by atoms with Crippen LogP contribution in [0.25, 0.3) is 0 Å². The smallest absolute Gasteiger partial charge is 0.365 e. The Morgan fingerprint density at radius 3 is 2.81 bits per heavy atom. The molecule has 0 aromatic carbocycles. The number of rotatable bonds is 3. The molecule has 9 heteroatoms. The molecule has 2 saturated heterocycles. The average Bonchev–Trinajstić information content (AvgIpc) is 3.00. The highest BCUT2D eigenvalue weighted by Crippen LogP contribution is 2.29. The van der Waals surface area contributed by atoms with Crippen molar-refractivity contribution in [2.45, 2.75) is 24.9 Å². The van der Waals surface area contributed by atoms with Crippen LogP contribution in [0.5, 0.6) is 0 Å². The Hall–Kier alpha value is -2.00. The highest BCUT2D eigenvalue weighted by Gasteiger charge is 2.51. The maximum absolute atomic E-state index is 12.5. The van der Waals surface area contributed by atoms with Crippen molar-refractivity contribution in [2.24, 2.45) is 0 Å². The molecule has 21 heavy (non-hydrogen) atoms. The Kier molecular flexibility index (Phi) is 3.38. The van der Waals surface area contributed by atoms with Crippen LogP contribution in [0.3, 0.4) is 0 Å². The molecule has 0 unspecified atom stereocenters. The third-order valence-corrected chi connectivity index (χ3v) is 4.53. The number of aromatic carboxylic acids is 1. The lowest BCUT2D eigenvalue weighted by atomic mass is 9.90. The van der Waals surface area contributed by atoms with Gasteiger partial charge < -0.3 is 15.2 Å². The minimum Gasteiger partial charge on any atom is -0.476 e. The first-order valence-corrected chi connectivity index (χ1v) is 7.29. The largest absolute Gasteiger partial charge is 0.476 e. The Labute approximate surface area is 123 Å². The first-order chi connectivity index (χ1) is 10.0. The summed E-state index contributed by atoms with van der Waals surface area (Å²) in [6.45, 7) is 0.844. The summed E-state index contributed by atoms with van der Waals surface area (Å²) in [4.78, 5) is 40.3. The molecule has 0 saturated carbocycles. The van der Waals surface area contributed by atoms with Gasteiger partial charge in [0.05, 0.1) is 12.2 Å². The topological polar surface area (TPSA) is 109 Å². The third kappa shape index (κ3) is 2.38.